The normalized spacial score (nSPS) is 15.1. The molecule has 152 valence electrons. The third-order valence-electron chi connectivity index (χ3n) is 4.69. The van der Waals surface area contributed by atoms with Gasteiger partial charge in [-0.3, -0.25) is 0 Å². The lowest BCUT2D eigenvalue weighted by Crippen LogP contribution is -2.40. The average molecular weight is 411 g/mol. The highest BCUT2D eigenvalue weighted by Crippen LogP contribution is 2.52. The van der Waals surface area contributed by atoms with Crippen molar-refractivity contribution in [3.05, 3.63) is 53.9 Å². The first kappa shape index (κ1) is 19.2. The third-order valence-corrected chi connectivity index (χ3v) is 4.69. The predicted octanol–water partition coefficient (Wildman–Crippen LogP) is 4.36. The molecule has 2 heterocycles. The minimum absolute atomic E-state index is 0.0385. The Balaban J connectivity index is 1.67. The summed E-state index contributed by atoms with van der Waals surface area (Å²) in [4.78, 5) is 9.41. The molecule has 0 atom stereocenters. The molecule has 1 fully saturated rings. The topological polar surface area (TPSA) is 67.9 Å². The molecule has 29 heavy (non-hydrogen) atoms. The Hall–Kier alpha value is -3.11. The molecule has 11 heteroatoms. The Morgan fingerprint density at radius 1 is 1.03 bits per heavy atom. The van der Waals surface area contributed by atoms with Crippen LogP contribution in [0.1, 0.15) is 30.7 Å². The summed E-state index contributed by atoms with van der Waals surface area (Å²) in [6.45, 7) is -0.691. The van der Waals surface area contributed by atoms with Crippen LogP contribution >= 0.6 is 0 Å². The van der Waals surface area contributed by atoms with Gasteiger partial charge in [-0.15, -0.1) is 10.2 Å². The first-order valence-electron chi connectivity index (χ1n) is 8.65. The minimum atomic E-state index is -2.92. The molecule has 1 aromatic carbocycles. The molecule has 4 rings (SSSR count). The molecule has 2 aromatic heterocycles. The summed E-state index contributed by atoms with van der Waals surface area (Å²) < 4.78 is 70.9. The van der Waals surface area contributed by atoms with Crippen LogP contribution in [0, 0.1) is 5.82 Å². The maximum atomic E-state index is 14.3. The van der Waals surface area contributed by atoms with Gasteiger partial charge >= 0.3 is 6.43 Å². The van der Waals surface area contributed by atoms with E-state index < -0.39 is 36.6 Å². The second kappa shape index (κ2) is 7.37. The predicted molar refractivity (Wildman–Crippen MR) is 90.9 cm³/mol. The summed E-state index contributed by atoms with van der Waals surface area (Å²) in [7, 11) is 0. The molecular weight excluding hydrogens is 397 g/mol. The van der Waals surface area contributed by atoms with Gasteiger partial charge in [0.15, 0.2) is 0 Å². The van der Waals surface area contributed by atoms with E-state index in [1.165, 1.54) is 29.4 Å². The zero-order valence-corrected chi connectivity index (χ0v) is 14.8. The van der Waals surface area contributed by atoms with Crippen molar-refractivity contribution >= 4 is 5.95 Å². The quantitative estimate of drug-likeness (QED) is 0.538. The van der Waals surface area contributed by atoms with Gasteiger partial charge in [0.05, 0.1) is 17.6 Å². The summed E-state index contributed by atoms with van der Waals surface area (Å²) in [6, 6.07) is 5.99. The molecule has 0 unspecified atom stereocenters. The van der Waals surface area contributed by atoms with Gasteiger partial charge in [0.1, 0.15) is 5.82 Å². The fourth-order valence-corrected chi connectivity index (χ4v) is 3.24. The van der Waals surface area contributed by atoms with Crippen LogP contribution in [0.25, 0.3) is 11.5 Å². The smallest absolute Gasteiger partial charge is 0.314 e. The van der Waals surface area contributed by atoms with Crippen molar-refractivity contribution in [2.24, 2.45) is 0 Å². The van der Waals surface area contributed by atoms with Crippen molar-refractivity contribution in [1.82, 2.24) is 20.2 Å². The molecule has 6 nitrogen and oxygen atoms in total. The van der Waals surface area contributed by atoms with Crippen LogP contribution in [0.3, 0.4) is 0 Å². The van der Waals surface area contributed by atoms with Gasteiger partial charge < -0.3 is 9.32 Å². The number of halogens is 5. The second-order valence-electron chi connectivity index (χ2n) is 6.53. The molecule has 0 saturated heterocycles. The van der Waals surface area contributed by atoms with E-state index in [4.69, 9.17) is 4.42 Å². The van der Waals surface area contributed by atoms with E-state index in [1.807, 2.05) is 0 Å². The second-order valence-corrected chi connectivity index (χ2v) is 6.53. The average Bonchev–Trinajstić information content (AvgIpc) is 3.33. The molecule has 0 aliphatic heterocycles. The lowest BCUT2D eigenvalue weighted by atomic mass is 10.0. The van der Waals surface area contributed by atoms with Crippen molar-refractivity contribution in [2.75, 3.05) is 11.4 Å². The largest absolute Gasteiger partial charge is 0.415 e. The van der Waals surface area contributed by atoms with E-state index in [0.717, 1.165) is 0 Å². The molecule has 1 aliphatic carbocycles. The molecule has 0 amide bonds. The Bertz CT molecular complexity index is 990. The number of anilines is 1. The fraction of sp³-hybridized carbons (Fsp3) is 0.333. The van der Waals surface area contributed by atoms with Gasteiger partial charge in [0, 0.05) is 18.0 Å². The number of alkyl halides is 4. The maximum absolute atomic E-state index is 14.3. The monoisotopic (exact) mass is 411 g/mol. The number of rotatable bonds is 7. The highest BCUT2D eigenvalue weighted by atomic mass is 19.3. The molecule has 1 aliphatic rings. The van der Waals surface area contributed by atoms with Crippen LogP contribution in [0.5, 0.6) is 0 Å². The van der Waals surface area contributed by atoms with Gasteiger partial charge in [0.2, 0.25) is 5.95 Å². The zero-order valence-electron chi connectivity index (χ0n) is 14.8. The molecular formula is C18H14F5N5O. The lowest BCUT2D eigenvalue weighted by Gasteiger charge is -2.32. The Labute approximate surface area is 161 Å². The number of aromatic nitrogens is 4. The zero-order chi connectivity index (χ0) is 20.6. The van der Waals surface area contributed by atoms with E-state index in [2.05, 4.69) is 20.2 Å². The van der Waals surface area contributed by atoms with E-state index in [0.29, 0.717) is 18.4 Å². The van der Waals surface area contributed by atoms with Gasteiger partial charge in [-0.05, 0) is 18.9 Å². The molecule has 1 saturated carbocycles. The van der Waals surface area contributed by atoms with Crippen molar-refractivity contribution in [2.45, 2.75) is 31.2 Å². The summed E-state index contributed by atoms with van der Waals surface area (Å²) in [5.41, 5.74) is -0.510. The van der Waals surface area contributed by atoms with Crippen LogP contribution in [0.2, 0.25) is 0 Å². The molecule has 0 radical (unpaired) electrons. The Morgan fingerprint density at radius 3 is 2.28 bits per heavy atom. The van der Waals surface area contributed by atoms with E-state index in [9.17, 15) is 22.0 Å². The van der Waals surface area contributed by atoms with Crippen LogP contribution in [-0.4, -0.2) is 33.1 Å². The first-order chi connectivity index (χ1) is 13.9. The summed E-state index contributed by atoms with van der Waals surface area (Å²) in [6.07, 6.45) is -2.27. The minimum Gasteiger partial charge on any atom is -0.415 e. The van der Waals surface area contributed by atoms with Crippen molar-refractivity contribution in [3.8, 4) is 11.5 Å². The first-order valence-corrected chi connectivity index (χ1v) is 8.65. The Morgan fingerprint density at radius 2 is 1.72 bits per heavy atom. The highest BCUT2D eigenvalue weighted by molar-refractivity contribution is 5.53. The van der Waals surface area contributed by atoms with Gasteiger partial charge in [-0.1, -0.05) is 18.2 Å². The number of nitrogens with zero attached hydrogens (tertiary/aromatic N) is 5. The van der Waals surface area contributed by atoms with Crippen molar-refractivity contribution < 1.29 is 26.4 Å². The van der Waals surface area contributed by atoms with Crippen LogP contribution in [0.15, 0.2) is 41.1 Å². The molecule has 0 N–H and O–H groups in total. The lowest BCUT2D eigenvalue weighted by molar-refractivity contribution is 0.116. The standard InChI is InChI=1S/C18H14F5N5O/c19-12-4-2-1-3-11(12)18(5-6-18)28(9-13(20)21)17-24-7-10(8-25-17)15-26-27-16(29-15)14(22)23/h1-4,7-8,13-14H,5-6,9H2. The molecule has 0 spiro atoms. The SMILES string of the molecule is Fc1ccccc1C1(N(CC(F)F)c2ncc(-c3nnc(C(F)F)o3)cn2)CC1. The van der Waals surface area contributed by atoms with E-state index >= 15 is 0 Å². The van der Waals surface area contributed by atoms with Crippen molar-refractivity contribution in [1.29, 1.82) is 0 Å². The van der Waals surface area contributed by atoms with E-state index in [1.54, 1.807) is 12.1 Å². The summed E-state index contributed by atoms with van der Waals surface area (Å²) in [5, 5.41) is 6.71. The van der Waals surface area contributed by atoms with Crippen LogP contribution < -0.4 is 4.90 Å². The molecule has 3 aromatic rings. The van der Waals surface area contributed by atoms with Crippen molar-refractivity contribution in [3.63, 3.8) is 0 Å². The third kappa shape index (κ3) is 3.64. The summed E-state index contributed by atoms with van der Waals surface area (Å²) in [5.74, 6) is -1.60. The summed E-state index contributed by atoms with van der Waals surface area (Å²) >= 11 is 0. The fourth-order valence-electron chi connectivity index (χ4n) is 3.24. The van der Waals surface area contributed by atoms with Gasteiger partial charge in [0.25, 0.3) is 18.2 Å². The highest BCUT2D eigenvalue weighted by Gasteiger charge is 2.52. The Kier molecular flexibility index (Phi) is 4.89. The maximum Gasteiger partial charge on any atom is 0.314 e. The number of hydrogen-bond donors (Lipinski definition) is 0. The van der Waals surface area contributed by atoms with Crippen LogP contribution in [-0.2, 0) is 5.54 Å². The van der Waals surface area contributed by atoms with Gasteiger partial charge in [-0.25, -0.2) is 23.1 Å². The van der Waals surface area contributed by atoms with E-state index in [-0.39, 0.29) is 17.4 Å². The molecule has 0 bridgehead atoms. The van der Waals surface area contributed by atoms with Gasteiger partial charge in [-0.2, -0.15) is 8.78 Å². The number of hydrogen-bond acceptors (Lipinski definition) is 6. The van der Waals surface area contributed by atoms with Crippen LogP contribution in [0.4, 0.5) is 27.9 Å². The number of benzene rings is 1.